The third kappa shape index (κ3) is 2.40. The van der Waals surface area contributed by atoms with Gasteiger partial charge in [-0.1, -0.05) is 18.2 Å². The van der Waals surface area contributed by atoms with Crippen molar-refractivity contribution in [1.29, 1.82) is 0 Å². The van der Waals surface area contributed by atoms with Gasteiger partial charge in [0.15, 0.2) is 11.6 Å². The smallest absolute Gasteiger partial charge is 0.338 e. The maximum absolute atomic E-state index is 14.0. The van der Waals surface area contributed by atoms with Crippen LogP contribution >= 0.6 is 0 Å². The van der Waals surface area contributed by atoms with Crippen LogP contribution in [-0.4, -0.2) is 18.2 Å². The topological polar surface area (TPSA) is 46.5 Å². The highest BCUT2D eigenvalue weighted by Crippen LogP contribution is 2.29. The van der Waals surface area contributed by atoms with Crippen LogP contribution in [0.3, 0.4) is 0 Å². The average molecular weight is 264 g/mol. The van der Waals surface area contributed by atoms with Gasteiger partial charge < -0.3 is 9.84 Å². The third-order valence-electron chi connectivity index (χ3n) is 2.69. The minimum Gasteiger partial charge on any atom is -0.494 e. The van der Waals surface area contributed by atoms with Gasteiger partial charge in [0, 0.05) is 5.56 Å². The van der Waals surface area contributed by atoms with E-state index in [0.717, 1.165) is 12.1 Å². The molecule has 0 heterocycles. The number of halogens is 2. The van der Waals surface area contributed by atoms with Crippen molar-refractivity contribution in [2.45, 2.75) is 0 Å². The average Bonchev–Trinajstić information content (AvgIpc) is 2.38. The highest BCUT2D eigenvalue weighted by molar-refractivity contribution is 5.88. The number of carboxylic acid groups (broad SMARTS) is 1. The van der Waals surface area contributed by atoms with Crippen molar-refractivity contribution in [3.05, 3.63) is 53.6 Å². The minimum absolute atomic E-state index is 0.0419. The Balaban J connectivity index is 2.54. The van der Waals surface area contributed by atoms with E-state index in [9.17, 15) is 13.6 Å². The molecule has 2 aromatic carbocycles. The Hall–Kier alpha value is -2.43. The molecule has 0 aromatic heterocycles. The summed E-state index contributed by atoms with van der Waals surface area (Å²) >= 11 is 0. The van der Waals surface area contributed by atoms with Crippen LogP contribution in [0.1, 0.15) is 10.4 Å². The number of hydrogen-bond donors (Lipinski definition) is 1. The lowest BCUT2D eigenvalue weighted by Gasteiger charge is -2.08. The van der Waals surface area contributed by atoms with Gasteiger partial charge in [-0.2, -0.15) is 0 Å². The van der Waals surface area contributed by atoms with Crippen LogP contribution in [0.5, 0.6) is 5.75 Å². The number of hydrogen-bond acceptors (Lipinski definition) is 2. The standard InChI is InChI=1S/C14H10F2O3/c1-19-12-4-2-3-9(13(12)16)8-5-6-10(14(17)18)11(15)7-8/h2-7H,1H3,(H,17,18). The second-order valence-electron chi connectivity index (χ2n) is 3.82. The van der Waals surface area contributed by atoms with E-state index in [1.54, 1.807) is 6.07 Å². The summed E-state index contributed by atoms with van der Waals surface area (Å²) < 4.78 is 32.4. The Morgan fingerprint density at radius 1 is 1.21 bits per heavy atom. The van der Waals surface area contributed by atoms with Crippen LogP contribution in [0.4, 0.5) is 8.78 Å². The summed E-state index contributed by atoms with van der Waals surface area (Å²) in [5.41, 5.74) is -0.0545. The van der Waals surface area contributed by atoms with Crippen molar-refractivity contribution in [3.8, 4) is 16.9 Å². The summed E-state index contributed by atoms with van der Waals surface area (Å²) in [6.07, 6.45) is 0. The van der Waals surface area contributed by atoms with Crippen LogP contribution in [0, 0.1) is 11.6 Å². The Morgan fingerprint density at radius 3 is 2.53 bits per heavy atom. The fourth-order valence-corrected chi connectivity index (χ4v) is 1.75. The molecule has 0 saturated heterocycles. The zero-order valence-corrected chi connectivity index (χ0v) is 9.98. The SMILES string of the molecule is COc1cccc(-c2ccc(C(=O)O)c(F)c2)c1F. The summed E-state index contributed by atoms with van der Waals surface area (Å²) in [4.78, 5) is 10.7. The van der Waals surface area contributed by atoms with Crippen LogP contribution in [-0.2, 0) is 0 Å². The predicted octanol–water partition coefficient (Wildman–Crippen LogP) is 3.34. The molecule has 0 atom stereocenters. The van der Waals surface area contributed by atoms with Crippen molar-refractivity contribution in [1.82, 2.24) is 0 Å². The Kier molecular flexibility index (Phi) is 3.46. The van der Waals surface area contributed by atoms with Gasteiger partial charge in [-0.05, 0) is 23.8 Å². The van der Waals surface area contributed by atoms with E-state index in [1.807, 2.05) is 0 Å². The molecule has 2 aromatic rings. The maximum atomic E-state index is 14.0. The van der Waals surface area contributed by atoms with Gasteiger partial charge in [0.25, 0.3) is 0 Å². The van der Waals surface area contributed by atoms with Gasteiger partial charge in [0.05, 0.1) is 12.7 Å². The lowest BCUT2D eigenvalue weighted by Crippen LogP contribution is -2.00. The molecule has 0 aliphatic rings. The number of carboxylic acids is 1. The van der Waals surface area contributed by atoms with E-state index in [4.69, 9.17) is 9.84 Å². The van der Waals surface area contributed by atoms with Gasteiger partial charge in [-0.25, -0.2) is 13.6 Å². The summed E-state index contributed by atoms with van der Waals surface area (Å²) in [5, 5.41) is 8.73. The molecule has 1 N–H and O–H groups in total. The minimum atomic E-state index is -1.37. The van der Waals surface area contributed by atoms with Crippen LogP contribution in [0.25, 0.3) is 11.1 Å². The van der Waals surface area contributed by atoms with Crippen LogP contribution < -0.4 is 4.74 Å². The monoisotopic (exact) mass is 264 g/mol. The largest absolute Gasteiger partial charge is 0.494 e. The summed E-state index contributed by atoms with van der Waals surface area (Å²) in [6.45, 7) is 0. The molecule has 19 heavy (non-hydrogen) atoms. The predicted molar refractivity (Wildman–Crippen MR) is 65.3 cm³/mol. The molecular formula is C14H10F2O3. The van der Waals surface area contributed by atoms with E-state index >= 15 is 0 Å². The molecule has 2 rings (SSSR count). The van der Waals surface area contributed by atoms with Gasteiger partial charge in [0.2, 0.25) is 0 Å². The second kappa shape index (κ2) is 5.06. The summed E-state index contributed by atoms with van der Waals surface area (Å²) in [7, 11) is 1.33. The van der Waals surface area contributed by atoms with E-state index in [2.05, 4.69) is 0 Å². The molecule has 0 aliphatic carbocycles. The van der Waals surface area contributed by atoms with Crippen molar-refractivity contribution < 1.29 is 23.4 Å². The van der Waals surface area contributed by atoms with Crippen molar-refractivity contribution in [2.75, 3.05) is 7.11 Å². The number of rotatable bonds is 3. The molecule has 0 radical (unpaired) electrons. The highest BCUT2D eigenvalue weighted by atomic mass is 19.1. The molecule has 0 unspecified atom stereocenters. The van der Waals surface area contributed by atoms with Gasteiger partial charge in [-0.3, -0.25) is 0 Å². The molecule has 98 valence electrons. The number of methoxy groups -OCH3 is 1. The number of aromatic carboxylic acids is 1. The van der Waals surface area contributed by atoms with Crippen LogP contribution in [0.15, 0.2) is 36.4 Å². The van der Waals surface area contributed by atoms with Crippen molar-refractivity contribution in [3.63, 3.8) is 0 Å². The first-order valence-electron chi connectivity index (χ1n) is 5.40. The molecule has 0 spiro atoms. The summed E-state index contributed by atoms with van der Waals surface area (Å²) in [6, 6.07) is 7.92. The Bertz CT molecular complexity index is 639. The first kappa shape index (κ1) is 13.0. The van der Waals surface area contributed by atoms with Gasteiger partial charge in [-0.15, -0.1) is 0 Å². The van der Waals surface area contributed by atoms with E-state index in [1.165, 1.54) is 25.3 Å². The normalized spacial score (nSPS) is 10.3. The van der Waals surface area contributed by atoms with Gasteiger partial charge >= 0.3 is 5.97 Å². The number of ether oxygens (including phenoxy) is 1. The van der Waals surface area contributed by atoms with Crippen molar-refractivity contribution >= 4 is 5.97 Å². The third-order valence-corrected chi connectivity index (χ3v) is 2.69. The maximum Gasteiger partial charge on any atom is 0.338 e. The molecule has 0 bridgehead atoms. The summed E-state index contributed by atoms with van der Waals surface area (Å²) in [5.74, 6) is -2.85. The van der Waals surface area contributed by atoms with Crippen molar-refractivity contribution in [2.24, 2.45) is 0 Å². The van der Waals surface area contributed by atoms with Gasteiger partial charge in [0.1, 0.15) is 5.82 Å². The first-order chi connectivity index (χ1) is 9.04. The zero-order valence-electron chi connectivity index (χ0n) is 9.98. The second-order valence-corrected chi connectivity index (χ2v) is 3.82. The lowest BCUT2D eigenvalue weighted by atomic mass is 10.0. The fraction of sp³-hybridized carbons (Fsp3) is 0.0714. The molecular weight excluding hydrogens is 254 g/mol. The van der Waals surface area contributed by atoms with E-state index < -0.39 is 23.2 Å². The number of benzene rings is 2. The Labute approximate surface area is 108 Å². The molecule has 0 fully saturated rings. The highest BCUT2D eigenvalue weighted by Gasteiger charge is 2.14. The lowest BCUT2D eigenvalue weighted by molar-refractivity contribution is 0.0692. The first-order valence-corrected chi connectivity index (χ1v) is 5.40. The molecule has 3 nitrogen and oxygen atoms in total. The Morgan fingerprint density at radius 2 is 1.95 bits per heavy atom. The molecule has 0 aliphatic heterocycles. The molecule has 0 saturated carbocycles. The molecule has 5 heteroatoms. The zero-order chi connectivity index (χ0) is 14.0. The fourth-order valence-electron chi connectivity index (χ4n) is 1.75. The quantitative estimate of drug-likeness (QED) is 0.924. The molecule has 0 amide bonds. The van der Waals surface area contributed by atoms with E-state index in [-0.39, 0.29) is 16.9 Å². The van der Waals surface area contributed by atoms with Crippen LogP contribution in [0.2, 0.25) is 0 Å². The van der Waals surface area contributed by atoms with E-state index in [0.29, 0.717) is 0 Å². The number of carbonyl (C=O) groups is 1.